The Balaban J connectivity index is 2.94. The molecule has 0 bridgehead atoms. The Bertz CT molecular complexity index is 380. The van der Waals surface area contributed by atoms with Crippen LogP contribution in [0.1, 0.15) is 11.1 Å². The van der Waals surface area contributed by atoms with Crippen LogP contribution in [0.25, 0.3) is 5.57 Å². The van der Waals surface area contributed by atoms with Gasteiger partial charge in [-0.05, 0) is 11.1 Å². The van der Waals surface area contributed by atoms with Crippen LogP contribution in [0.3, 0.4) is 0 Å². The molecule has 1 aromatic carbocycles. The van der Waals surface area contributed by atoms with Gasteiger partial charge in [0.2, 0.25) is 5.91 Å². The van der Waals surface area contributed by atoms with E-state index in [-0.39, 0.29) is 5.57 Å². The van der Waals surface area contributed by atoms with Crippen molar-refractivity contribution in [3.63, 3.8) is 0 Å². The Morgan fingerprint density at radius 3 is 2.43 bits per heavy atom. The average Bonchev–Trinajstić information content (AvgIpc) is 2.18. The number of rotatable bonds is 3. The minimum atomic E-state index is -0.548. The van der Waals surface area contributed by atoms with Gasteiger partial charge >= 0.3 is 0 Å². The van der Waals surface area contributed by atoms with E-state index in [1.807, 2.05) is 0 Å². The molecule has 1 aromatic rings. The lowest BCUT2D eigenvalue weighted by atomic mass is 10.1. The highest BCUT2D eigenvalue weighted by molar-refractivity contribution is 6.17. The van der Waals surface area contributed by atoms with E-state index in [0.29, 0.717) is 5.56 Å². The molecule has 3 N–H and O–H groups in total. The number of benzene rings is 1. The van der Waals surface area contributed by atoms with Gasteiger partial charge in [-0.15, -0.1) is 0 Å². The Hall–Kier alpha value is -2.10. The van der Waals surface area contributed by atoms with E-state index in [4.69, 9.17) is 10.9 Å². The first kappa shape index (κ1) is 9.98. The van der Waals surface area contributed by atoms with E-state index in [0.717, 1.165) is 5.56 Å². The monoisotopic (exact) mass is 190 g/mol. The third-order valence-corrected chi connectivity index (χ3v) is 1.76. The van der Waals surface area contributed by atoms with Crippen molar-refractivity contribution in [3.8, 4) is 0 Å². The Morgan fingerprint density at radius 2 is 2.00 bits per heavy atom. The fraction of sp³-hybridized carbons (Fsp3) is 0. The summed E-state index contributed by atoms with van der Waals surface area (Å²) in [7, 11) is 0. The summed E-state index contributed by atoms with van der Waals surface area (Å²) in [6.45, 7) is 3.54. The van der Waals surface area contributed by atoms with Gasteiger partial charge in [-0.2, -0.15) is 0 Å². The summed E-state index contributed by atoms with van der Waals surface area (Å²) in [6.07, 6.45) is 1.29. The van der Waals surface area contributed by atoms with Gasteiger partial charge < -0.3 is 10.9 Å². The quantitative estimate of drug-likeness (QED) is 0.323. The molecule has 0 aliphatic carbocycles. The first-order valence-electron chi connectivity index (χ1n) is 3.91. The molecule has 4 heteroatoms. The minimum absolute atomic E-state index is 0.262. The number of hydrogen-bond donors (Lipinski definition) is 2. The van der Waals surface area contributed by atoms with Crippen LogP contribution < -0.4 is 5.73 Å². The van der Waals surface area contributed by atoms with Crippen LogP contribution in [-0.4, -0.2) is 17.3 Å². The summed E-state index contributed by atoms with van der Waals surface area (Å²) < 4.78 is 0. The highest BCUT2D eigenvalue weighted by Crippen LogP contribution is 2.11. The average molecular weight is 190 g/mol. The predicted molar refractivity (Wildman–Crippen MR) is 54.1 cm³/mol. The van der Waals surface area contributed by atoms with Crippen molar-refractivity contribution >= 4 is 17.7 Å². The molecule has 1 amide bonds. The van der Waals surface area contributed by atoms with Gasteiger partial charge in [0.05, 0.1) is 6.21 Å². The molecule has 14 heavy (non-hydrogen) atoms. The van der Waals surface area contributed by atoms with Crippen LogP contribution in [0, 0.1) is 0 Å². The van der Waals surface area contributed by atoms with E-state index in [1.165, 1.54) is 6.21 Å². The van der Waals surface area contributed by atoms with Gasteiger partial charge in [-0.3, -0.25) is 4.79 Å². The number of oxime groups is 1. The second kappa shape index (κ2) is 4.23. The molecule has 0 aliphatic heterocycles. The molecule has 0 unspecified atom stereocenters. The molecule has 0 heterocycles. The predicted octanol–water partition coefficient (Wildman–Crippen LogP) is 0.993. The molecule has 1 rings (SSSR count). The molecule has 0 spiro atoms. The molecule has 0 radical (unpaired) electrons. The molecule has 4 nitrogen and oxygen atoms in total. The molecule has 0 atom stereocenters. The third kappa shape index (κ3) is 2.20. The lowest BCUT2D eigenvalue weighted by Crippen LogP contribution is -2.11. The maximum atomic E-state index is 10.8. The van der Waals surface area contributed by atoms with E-state index >= 15 is 0 Å². The number of amides is 1. The number of carbonyl (C=O) groups excluding carboxylic acids is 1. The molecule has 0 saturated heterocycles. The fourth-order valence-corrected chi connectivity index (χ4v) is 0.979. The molecular formula is C10H10N2O2. The zero-order chi connectivity index (χ0) is 10.6. The lowest BCUT2D eigenvalue weighted by molar-refractivity contribution is -0.112. The van der Waals surface area contributed by atoms with Crippen LogP contribution in [0.4, 0.5) is 0 Å². The largest absolute Gasteiger partial charge is 0.411 e. The van der Waals surface area contributed by atoms with Gasteiger partial charge in [0.1, 0.15) is 0 Å². The maximum Gasteiger partial charge on any atom is 0.248 e. The summed E-state index contributed by atoms with van der Waals surface area (Å²) in [4.78, 5) is 10.8. The summed E-state index contributed by atoms with van der Waals surface area (Å²) in [5.41, 5.74) is 6.71. The van der Waals surface area contributed by atoms with Gasteiger partial charge in [-0.1, -0.05) is 36.0 Å². The Morgan fingerprint density at radius 1 is 1.43 bits per heavy atom. The molecule has 0 aromatic heterocycles. The van der Waals surface area contributed by atoms with Crippen LogP contribution in [0.2, 0.25) is 0 Å². The van der Waals surface area contributed by atoms with Crippen LogP contribution >= 0.6 is 0 Å². The summed E-state index contributed by atoms with van der Waals surface area (Å²) in [6, 6.07) is 6.76. The van der Waals surface area contributed by atoms with Gasteiger partial charge in [0.15, 0.2) is 0 Å². The zero-order valence-electron chi connectivity index (χ0n) is 7.47. The fourth-order valence-electron chi connectivity index (χ4n) is 0.979. The molecule has 0 fully saturated rings. The lowest BCUT2D eigenvalue weighted by Gasteiger charge is -2.00. The molecule has 0 aliphatic rings. The van der Waals surface area contributed by atoms with Crippen molar-refractivity contribution in [2.75, 3.05) is 0 Å². The highest BCUT2D eigenvalue weighted by Gasteiger charge is 2.03. The summed E-state index contributed by atoms with van der Waals surface area (Å²) in [5, 5.41) is 11.1. The van der Waals surface area contributed by atoms with Crippen molar-refractivity contribution in [2.24, 2.45) is 10.9 Å². The Labute approximate surface area is 81.3 Å². The summed E-state index contributed by atoms with van der Waals surface area (Å²) >= 11 is 0. The third-order valence-electron chi connectivity index (χ3n) is 1.76. The second-order valence-corrected chi connectivity index (χ2v) is 2.71. The first-order valence-corrected chi connectivity index (χ1v) is 3.91. The smallest absolute Gasteiger partial charge is 0.248 e. The number of primary amides is 1. The van der Waals surface area contributed by atoms with Crippen LogP contribution in [0.15, 0.2) is 36.0 Å². The first-order chi connectivity index (χ1) is 6.65. The second-order valence-electron chi connectivity index (χ2n) is 2.71. The zero-order valence-corrected chi connectivity index (χ0v) is 7.47. The summed E-state index contributed by atoms with van der Waals surface area (Å²) in [5.74, 6) is -0.548. The Kier molecular flexibility index (Phi) is 3.01. The van der Waals surface area contributed by atoms with Crippen molar-refractivity contribution in [3.05, 3.63) is 42.0 Å². The van der Waals surface area contributed by atoms with Crippen molar-refractivity contribution in [2.45, 2.75) is 0 Å². The molecule has 0 saturated carbocycles. The van der Waals surface area contributed by atoms with E-state index in [2.05, 4.69) is 11.7 Å². The van der Waals surface area contributed by atoms with Crippen LogP contribution in [-0.2, 0) is 4.79 Å². The molecular weight excluding hydrogens is 180 g/mol. The standard InChI is InChI=1S/C10H10N2O2/c1-7(10(11)13)9-4-2-8(3-5-9)6-12-14/h2-6,14H,1H2,(H2,11,13). The number of nitrogens with two attached hydrogens (primary N) is 1. The van der Waals surface area contributed by atoms with Crippen molar-refractivity contribution in [1.82, 2.24) is 0 Å². The minimum Gasteiger partial charge on any atom is -0.411 e. The van der Waals surface area contributed by atoms with Gasteiger partial charge in [0, 0.05) is 5.57 Å². The molecule has 72 valence electrons. The number of nitrogens with zero attached hydrogens (tertiary/aromatic N) is 1. The van der Waals surface area contributed by atoms with Crippen LogP contribution in [0.5, 0.6) is 0 Å². The SMILES string of the molecule is C=C(C(N)=O)c1ccc(C=NO)cc1. The van der Waals surface area contributed by atoms with E-state index in [9.17, 15) is 4.79 Å². The highest BCUT2D eigenvalue weighted by atomic mass is 16.4. The number of hydrogen-bond acceptors (Lipinski definition) is 3. The van der Waals surface area contributed by atoms with Gasteiger partial charge in [0.25, 0.3) is 0 Å². The maximum absolute atomic E-state index is 10.8. The van der Waals surface area contributed by atoms with Gasteiger partial charge in [-0.25, -0.2) is 0 Å². The van der Waals surface area contributed by atoms with E-state index in [1.54, 1.807) is 24.3 Å². The van der Waals surface area contributed by atoms with Crippen molar-refractivity contribution in [1.29, 1.82) is 0 Å². The topological polar surface area (TPSA) is 75.7 Å². The normalized spacial score (nSPS) is 10.3. The van der Waals surface area contributed by atoms with E-state index < -0.39 is 5.91 Å². The number of carbonyl (C=O) groups is 1. The van der Waals surface area contributed by atoms with Crippen molar-refractivity contribution < 1.29 is 10.0 Å².